The van der Waals surface area contributed by atoms with Gasteiger partial charge < -0.3 is 10.1 Å². The number of likely N-dealkylation sites (tertiary alicyclic amines) is 1. The standard InChI is InChI=1S/C16H23N3O4/c1-11-6-12(2)9-18(8-11)10-16(20)17-14-5-4-13(23-3)7-15(14)19(21)22/h4-5,7,11-12H,6,8-10H2,1-3H3,(H,17,20). The number of ether oxygens (including phenoxy) is 1. The van der Waals surface area contributed by atoms with Crippen LogP contribution in [0.5, 0.6) is 5.75 Å². The first-order chi connectivity index (χ1) is 10.9. The fraction of sp³-hybridized carbons (Fsp3) is 0.562. The van der Waals surface area contributed by atoms with E-state index in [0.717, 1.165) is 13.1 Å². The molecule has 1 aliphatic heterocycles. The molecule has 1 aliphatic rings. The molecule has 126 valence electrons. The third-order valence-electron chi connectivity index (χ3n) is 3.99. The molecule has 2 unspecified atom stereocenters. The highest BCUT2D eigenvalue weighted by Gasteiger charge is 2.24. The highest BCUT2D eigenvalue weighted by Crippen LogP contribution is 2.29. The van der Waals surface area contributed by atoms with Gasteiger partial charge in [0.25, 0.3) is 5.69 Å². The van der Waals surface area contributed by atoms with E-state index in [1.165, 1.54) is 25.7 Å². The molecule has 7 heteroatoms. The van der Waals surface area contributed by atoms with Crippen molar-refractivity contribution in [3.05, 3.63) is 28.3 Å². The first kappa shape index (κ1) is 17.2. The molecule has 2 atom stereocenters. The number of hydrogen-bond acceptors (Lipinski definition) is 5. The molecule has 0 saturated carbocycles. The van der Waals surface area contributed by atoms with Crippen LogP contribution in [0.2, 0.25) is 0 Å². The van der Waals surface area contributed by atoms with Gasteiger partial charge in [0.15, 0.2) is 0 Å². The van der Waals surface area contributed by atoms with Crippen molar-refractivity contribution in [2.45, 2.75) is 20.3 Å². The van der Waals surface area contributed by atoms with Gasteiger partial charge in [-0.3, -0.25) is 19.8 Å². The first-order valence-corrected chi connectivity index (χ1v) is 7.73. The van der Waals surface area contributed by atoms with Crippen molar-refractivity contribution in [2.75, 3.05) is 32.1 Å². The first-order valence-electron chi connectivity index (χ1n) is 7.73. The van der Waals surface area contributed by atoms with E-state index >= 15 is 0 Å². The topological polar surface area (TPSA) is 84.7 Å². The molecule has 23 heavy (non-hydrogen) atoms. The Morgan fingerprint density at radius 2 is 2.04 bits per heavy atom. The van der Waals surface area contributed by atoms with Crippen molar-refractivity contribution in [3.8, 4) is 5.75 Å². The Morgan fingerprint density at radius 1 is 1.39 bits per heavy atom. The van der Waals surface area contributed by atoms with Gasteiger partial charge in [0.2, 0.25) is 5.91 Å². The second-order valence-corrected chi connectivity index (χ2v) is 6.33. The van der Waals surface area contributed by atoms with E-state index in [4.69, 9.17) is 4.74 Å². The lowest BCUT2D eigenvalue weighted by Gasteiger charge is -2.34. The summed E-state index contributed by atoms with van der Waals surface area (Å²) in [6.45, 7) is 6.35. The second kappa shape index (κ2) is 7.41. The average molecular weight is 321 g/mol. The van der Waals surface area contributed by atoms with Crippen molar-refractivity contribution in [2.24, 2.45) is 11.8 Å². The Balaban J connectivity index is 2.04. The third kappa shape index (κ3) is 4.66. The van der Waals surface area contributed by atoms with Gasteiger partial charge in [0.1, 0.15) is 11.4 Å². The van der Waals surface area contributed by atoms with E-state index in [1.54, 1.807) is 6.07 Å². The second-order valence-electron chi connectivity index (χ2n) is 6.33. The van der Waals surface area contributed by atoms with Gasteiger partial charge in [0.05, 0.1) is 24.6 Å². The predicted molar refractivity (Wildman–Crippen MR) is 87.7 cm³/mol. The molecule has 1 N–H and O–H groups in total. The van der Waals surface area contributed by atoms with Gasteiger partial charge in [-0.2, -0.15) is 0 Å². The summed E-state index contributed by atoms with van der Waals surface area (Å²) in [5.74, 6) is 1.26. The number of nitrogens with zero attached hydrogens (tertiary/aromatic N) is 2. The summed E-state index contributed by atoms with van der Waals surface area (Å²) in [6.07, 6.45) is 1.17. The van der Waals surface area contributed by atoms with Crippen LogP contribution in [0.4, 0.5) is 11.4 Å². The van der Waals surface area contributed by atoms with Crippen molar-refractivity contribution in [3.63, 3.8) is 0 Å². The summed E-state index contributed by atoms with van der Waals surface area (Å²) < 4.78 is 4.98. The van der Waals surface area contributed by atoms with Gasteiger partial charge in [0, 0.05) is 13.1 Å². The van der Waals surface area contributed by atoms with E-state index in [9.17, 15) is 14.9 Å². The van der Waals surface area contributed by atoms with Crippen LogP contribution in [0.1, 0.15) is 20.3 Å². The molecule has 1 fully saturated rings. The number of amides is 1. The summed E-state index contributed by atoms with van der Waals surface area (Å²) in [7, 11) is 1.44. The van der Waals surface area contributed by atoms with Crippen LogP contribution in [0.3, 0.4) is 0 Å². The van der Waals surface area contributed by atoms with Crippen LogP contribution in [0.25, 0.3) is 0 Å². The average Bonchev–Trinajstić information content (AvgIpc) is 2.46. The van der Waals surface area contributed by atoms with E-state index in [0.29, 0.717) is 17.6 Å². The number of carbonyl (C=O) groups excluding carboxylic acids is 1. The zero-order chi connectivity index (χ0) is 17.0. The number of piperidine rings is 1. The van der Waals surface area contributed by atoms with Crippen molar-refractivity contribution < 1.29 is 14.5 Å². The van der Waals surface area contributed by atoms with Crippen molar-refractivity contribution >= 4 is 17.3 Å². The lowest BCUT2D eigenvalue weighted by molar-refractivity contribution is -0.384. The van der Waals surface area contributed by atoms with Gasteiger partial charge in [-0.15, -0.1) is 0 Å². The van der Waals surface area contributed by atoms with Crippen LogP contribution < -0.4 is 10.1 Å². The van der Waals surface area contributed by atoms with E-state index in [-0.39, 0.29) is 23.8 Å². The fourth-order valence-corrected chi connectivity index (χ4v) is 3.21. The molecule has 1 aromatic carbocycles. The minimum atomic E-state index is -0.525. The molecule has 1 saturated heterocycles. The number of nitro benzene ring substituents is 1. The van der Waals surface area contributed by atoms with E-state index < -0.39 is 4.92 Å². The Hall–Kier alpha value is -2.15. The number of anilines is 1. The third-order valence-corrected chi connectivity index (χ3v) is 3.99. The Kier molecular flexibility index (Phi) is 5.54. The van der Waals surface area contributed by atoms with Crippen LogP contribution in [-0.2, 0) is 4.79 Å². The predicted octanol–water partition coefficient (Wildman–Crippen LogP) is 2.52. The van der Waals surface area contributed by atoms with Gasteiger partial charge in [-0.1, -0.05) is 13.8 Å². The number of nitro groups is 1. The lowest BCUT2D eigenvalue weighted by atomic mass is 9.92. The molecule has 0 spiro atoms. The quantitative estimate of drug-likeness (QED) is 0.665. The fourth-order valence-electron chi connectivity index (χ4n) is 3.21. The van der Waals surface area contributed by atoms with Gasteiger partial charge >= 0.3 is 0 Å². The molecular weight excluding hydrogens is 298 g/mol. The number of benzene rings is 1. The molecule has 1 amide bonds. The van der Waals surface area contributed by atoms with Gasteiger partial charge in [-0.05, 0) is 30.4 Å². The Labute approximate surface area is 135 Å². The summed E-state index contributed by atoms with van der Waals surface area (Å²) in [6, 6.07) is 4.39. The maximum atomic E-state index is 12.2. The Bertz CT molecular complexity index is 581. The van der Waals surface area contributed by atoms with E-state index in [1.807, 2.05) is 0 Å². The molecule has 0 aromatic heterocycles. The SMILES string of the molecule is COc1ccc(NC(=O)CN2CC(C)CC(C)C2)c([N+](=O)[O-])c1. The zero-order valence-electron chi connectivity index (χ0n) is 13.7. The largest absolute Gasteiger partial charge is 0.496 e. The lowest BCUT2D eigenvalue weighted by Crippen LogP contribution is -2.42. The summed E-state index contributed by atoms with van der Waals surface area (Å²) >= 11 is 0. The minimum Gasteiger partial charge on any atom is -0.496 e. The number of carbonyl (C=O) groups is 1. The summed E-state index contributed by atoms with van der Waals surface area (Å²) in [5, 5.41) is 13.8. The van der Waals surface area contributed by atoms with Crippen LogP contribution in [0, 0.1) is 22.0 Å². The maximum absolute atomic E-state index is 12.2. The van der Waals surface area contributed by atoms with Crippen LogP contribution in [0.15, 0.2) is 18.2 Å². The number of methoxy groups -OCH3 is 1. The smallest absolute Gasteiger partial charge is 0.296 e. The minimum absolute atomic E-state index is 0.168. The highest BCUT2D eigenvalue weighted by atomic mass is 16.6. The van der Waals surface area contributed by atoms with Crippen molar-refractivity contribution in [1.29, 1.82) is 0 Å². The van der Waals surface area contributed by atoms with Crippen molar-refractivity contribution in [1.82, 2.24) is 4.90 Å². The molecular formula is C16H23N3O4. The molecule has 7 nitrogen and oxygen atoms in total. The zero-order valence-corrected chi connectivity index (χ0v) is 13.7. The maximum Gasteiger partial charge on any atom is 0.296 e. The summed E-state index contributed by atoms with van der Waals surface area (Å²) in [5.41, 5.74) is 0.0250. The number of rotatable bonds is 5. The van der Waals surface area contributed by atoms with Crippen LogP contribution in [-0.4, -0.2) is 42.5 Å². The number of hydrogen-bond donors (Lipinski definition) is 1. The van der Waals surface area contributed by atoms with E-state index in [2.05, 4.69) is 24.1 Å². The normalized spacial score (nSPS) is 21.7. The monoisotopic (exact) mass is 321 g/mol. The molecule has 1 heterocycles. The molecule has 1 aromatic rings. The van der Waals surface area contributed by atoms with Crippen LogP contribution >= 0.6 is 0 Å². The molecule has 2 rings (SSSR count). The summed E-state index contributed by atoms with van der Waals surface area (Å²) in [4.78, 5) is 24.9. The number of nitrogens with one attached hydrogen (secondary N) is 1. The highest BCUT2D eigenvalue weighted by molar-refractivity contribution is 5.94. The molecule has 0 aliphatic carbocycles. The Morgan fingerprint density at radius 3 is 2.61 bits per heavy atom. The molecule has 0 bridgehead atoms. The molecule has 0 radical (unpaired) electrons. The van der Waals surface area contributed by atoms with Gasteiger partial charge in [-0.25, -0.2) is 0 Å².